The van der Waals surface area contributed by atoms with E-state index in [0.29, 0.717) is 10.3 Å². The molecular weight excluding hydrogens is 281 g/mol. The molecule has 1 atom stereocenters. The van der Waals surface area contributed by atoms with Gasteiger partial charge in [0, 0.05) is 22.5 Å². The zero-order valence-electron chi connectivity index (χ0n) is 10.8. The third-order valence-corrected chi connectivity index (χ3v) is 3.96. The van der Waals surface area contributed by atoms with E-state index in [1.165, 1.54) is 23.5 Å². The van der Waals surface area contributed by atoms with E-state index in [-0.39, 0.29) is 18.2 Å². The number of carbonyl (C=O) groups excluding carboxylic acids is 2. The number of nitrogens with two attached hydrogens (primary N) is 2. The van der Waals surface area contributed by atoms with Crippen LogP contribution in [-0.4, -0.2) is 17.9 Å². The van der Waals surface area contributed by atoms with E-state index in [4.69, 9.17) is 11.5 Å². The number of benzene rings is 1. The number of hydrogen-bond donors (Lipinski definition) is 3. The SMILES string of the molecule is CC(CC(N)=O)NC(=O)c1sc2ccc(F)cc2c1N. The minimum absolute atomic E-state index is 0.0468. The Morgan fingerprint density at radius 1 is 1.45 bits per heavy atom. The smallest absolute Gasteiger partial charge is 0.263 e. The van der Waals surface area contributed by atoms with Crippen molar-refractivity contribution in [1.82, 2.24) is 5.32 Å². The van der Waals surface area contributed by atoms with Crippen molar-refractivity contribution in [2.75, 3.05) is 5.73 Å². The molecule has 0 radical (unpaired) electrons. The molecule has 1 aromatic heterocycles. The monoisotopic (exact) mass is 295 g/mol. The summed E-state index contributed by atoms with van der Waals surface area (Å²) in [6, 6.07) is 3.80. The topological polar surface area (TPSA) is 98.2 Å². The first-order valence-corrected chi connectivity index (χ1v) is 6.77. The van der Waals surface area contributed by atoms with Crippen molar-refractivity contribution >= 4 is 38.9 Å². The summed E-state index contributed by atoms with van der Waals surface area (Å²) in [5.74, 6) is -1.29. The Labute approximate surface area is 118 Å². The average molecular weight is 295 g/mol. The molecule has 5 N–H and O–H groups in total. The first kappa shape index (κ1) is 14.3. The number of carbonyl (C=O) groups is 2. The maximum absolute atomic E-state index is 13.2. The molecule has 0 aliphatic rings. The highest BCUT2D eigenvalue weighted by Gasteiger charge is 2.18. The molecule has 0 saturated heterocycles. The van der Waals surface area contributed by atoms with Crippen molar-refractivity contribution in [2.24, 2.45) is 5.73 Å². The predicted octanol–water partition coefficient (Wildman–Crippen LogP) is 1.62. The number of rotatable bonds is 4. The fraction of sp³-hybridized carbons (Fsp3) is 0.231. The van der Waals surface area contributed by atoms with Gasteiger partial charge in [0.2, 0.25) is 5.91 Å². The highest BCUT2D eigenvalue weighted by atomic mass is 32.1. The highest BCUT2D eigenvalue weighted by Crippen LogP contribution is 2.34. The molecule has 7 heteroatoms. The molecule has 1 aromatic carbocycles. The first-order chi connectivity index (χ1) is 9.38. The van der Waals surface area contributed by atoms with Gasteiger partial charge in [0.05, 0.1) is 5.69 Å². The predicted molar refractivity (Wildman–Crippen MR) is 76.9 cm³/mol. The van der Waals surface area contributed by atoms with E-state index in [0.717, 1.165) is 4.70 Å². The van der Waals surface area contributed by atoms with Gasteiger partial charge >= 0.3 is 0 Å². The zero-order valence-corrected chi connectivity index (χ0v) is 11.6. The van der Waals surface area contributed by atoms with Crippen LogP contribution >= 0.6 is 11.3 Å². The quantitative estimate of drug-likeness (QED) is 0.799. The molecular formula is C13H14FN3O2S. The molecule has 106 valence electrons. The minimum atomic E-state index is -0.496. The number of amides is 2. The van der Waals surface area contributed by atoms with Gasteiger partial charge in [-0.2, -0.15) is 0 Å². The van der Waals surface area contributed by atoms with Crippen LogP contribution in [0.25, 0.3) is 10.1 Å². The number of nitrogens with one attached hydrogen (secondary N) is 1. The van der Waals surface area contributed by atoms with Gasteiger partial charge in [-0.3, -0.25) is 9.59 Å². The van der Waals surface area contributed by atoms with E-state index in [9.17, 15) is 14.0 Å². The van der Waals surface area contributed by atoms with Crippen LogP contribution in [0.5, 0.6) is 0 Å². The second-order valence-corrected chi connectivity index (χ2v) is 5.58. The minimum Gasteiger partial charge on any atom is -0.397 e. The van der Waals surface area contributed by atoms with Gasteiger partial charge in [-0.1, -0.05) is 0 Å². The molecule has 2 aromatic rings. The van der Waals surface area contributed by atoms with Crippen molar-refractivity contribution in [3.8, 4) is 0 Å². The van der Waals surface area contributed by atoms with Crippen LogP contribution in [0.3, 0.4) is 0 Å². The lowest BCUT2D eigenvalue weighted by Gasteiger charge is -2.11. The standard InChI is InChI=1S/C13H14FN3O2S/c1-6(4-10(15)18)17-13(19)12-11(16)8-5-7(14)2-3-9(8)20-12/h2-3,5-6H,4,16H2,1H3,(H2,15,18)(H,17,19). The summed E-state index contributed by atoms with van der Waals surface area (Å²) in [5, 5.41) is 3.16. The number of thiophene rings is 1. The summed E-state index contributed by atoms with van der Waals surface area (Å²) < 4.78 is 13.9. The van der Waals surface area contributed by atoms with Crippen LogP contribution in [0.1, 0.15) is 23.0 Å². The Morgan fingerprint density at radius 3 is 2.80 bits per heavy atom. The summed E-state index contributed by atoms with van der Waals surface area (Å²) in [5.41, 5.74) is 11.2. The van der Waals surface area contributed by atoms with Gasteiger partial charge in [0.1, 0.15) is 10.7 Å². The summed E-state index contributed by atoms with van der Waals surface area (Å²) in [7, 11) is 0. The van der Waals surface area contributed by atoms with E-state index in [2.05, 4.69) is 5.32 Å². The van der Waals surface area contributed by atoms with E-state index < -0.39 is 17.6 Å². The maximum Gasteiger partial charge on any atom is 0.263 e. The number of primary amides is 1. The van der Waals surface area contributed by atoms with Crippen molar-refractivity contribution in [2.45, 2.75) is 19.4 Å². The Balaban J connectivity index is 2.26. The van der Waals surface area contributed by atoms with Gasteiger partial charge in [-0.05, 0) is 25.1 Å². The zero-order chi connectivity index (χ0) is 14.9. The van der Waals surface area contributed by atoms with Crippen LogP contribution in [0.2, 0.25) is 0 Å². The van der Waals surface area contributed by atoms with Gasteiger partial charge in [-0.25, -0.2) is 4.39 Å². The molecule has 0 spiro atoms. The molecule has 2 rings (SSSR count). The molecule has 0 bridgehead atoms. The van der Waals surface area contributed by atoms with Crippen LogP contribution < -0.4 is 16.8 Å². The van der Waals surface area contributed by atoms with Crippen molar-refractivity contribution in [3.63, 3.8) is 0 Å². The molecule has 0 fully saturated rings. The molecule has 0 aliphatic heterocycles. The number of hydrogen-bond acceptors (Lipinski definition) is 4. The van der Waals surface area contributed by atoms with Crippen LogP contribution in [0.15, 0.2) is 18.2 Å². The van der Waals surface area contributed by atoms with Gasteiger partial charge in [0.25, 0.3) is 5.91 Å². The molecule has 5 nitrogen and oxygen atoms in total. The molecule has 0 saturated carbocycles. The molecule has 0 aliphatic carbocycles. The normalized spacial score (nSPS) is 12.3. The summed E-state index contributed by atoms with van der Waals surface area (Å²) in [6.07, 6.45) is 0.0468. The van der Waals surface area contributed by atoms with Gasteiger partial charge in [0.15, 0.2) is 0 Å². The van der Waals surface area contributed by atoms with E-state index >= 15 is 0 Å². The third-order valence-electron chi connectivity index (χ3n) is 2.78. The second kappa shape index (κ2) is 5.46. The van der Waals surface area contributed by atoms with Crippen molar-refractivity contribution in [1.29, 1.82) is 0 Å². The number of fused-ring (bicyclic) bond motifs is 1. The molecule has 1 heterocycles. The number of nitrogen functional groups attached to an aromatic ring is 1. The van der Waals surface area contributed by atoms with Gasteiger partial charge < -0.3 is 16.8 Å². The maximum atomic E-state index is 13.2. The Bertz CT molecular complexity index is 684. The van der Waals surface area contributed by atoms with Crippen LogP contribution in [0, 0.1) is 5.82 Å². The van der Waals surface area contributed by atoms with Crippen LogP contribution in [0.4, 0.5) is 10.1 Å². The Morgan fingerprint density at radius 2 is 2.15 bits per heavy atom. The van der Waals surface area contributed by atoms with Crippen molar-refractivity contribution in [3.05, 3.63) is 28.9 Å². The number of halogens is 1. The molecule has 2 amide bonds. The number of anilines is 1. The molecule has 20 heavy (non-hydrogen) atoms. The summed E-state index contributed by atoms with van der Waals surface area (Å²) in [6.45, 7) is 1.67. The fourth-order valence-corrected chi connectivity index (χ4v) is 2.91. The highest BCUT2D eigenvalue weighted by molar-refractivity contribution is 7.21. The largest absolute Gasteiger partial charge is 0.397 e. The first-order valence-electron chi connectivity index (χ1n) is 5.95. The lowest BCUT2D eigenvalue weighted by Crippen LogP contribution is -2.35. The second-order valence-electron chi connectivity index (χ2n) is 4.53. The average Bonchev–Trinajstić information content (AvgIpc) is 2.65. The van der Waals surface area contributed by atoms with E-state index in [1.807, 2.05) is 0 Å². The summed E-state index contributed by atoms with van der Waals surface area (Å²) in [4.78, 5) is 23.2. The van der Waals surface area contributed by atoms with E-state index in [1.54, 1.807) is 13.0 Å². The third kappa shape index (κ3) is 2.88. The fourth-order valence-electron chi connectivity index (χ4n) is 1.90. The van der Waals surface area contributed by atoms with Gasteiger partial charge in [-0.15, -0.1) is 11.3 Å². The Kier molecular flexibility index (Phi) is 3.89. The lowest BCUT2D eigenvalue weighted by atomic mass is 10.2. The molecule has 1 unspecified atom stereocenters. The Hall–Kier alpha value is -2.15. The summed E-state index contributed by atoms with van der Waals surface area (Å²) >= 11 is 1.18. The van der Waals surface area contributed by atoms with Crippen molar-refractivity contribution < 1.29 is 14.0 Å². The van der Waals surface area contributed by atoms with Crippen LogP contribution in [-0.2, 0) is 4.79 Å². The lowest BCUT2D eigenvalue weighted by molar-refractivity contribution is -0.118.